The maximum atomic E-state index is 11.2. The highest BCUT2D eigenvalue weighted by molar-refractivity contribution is 9.10. The molecule has 1 aromatic rings. The molecule has 0 saturated carbocycles. The van der Waals surface area contributed by atoms with E-state index < -0.39 is 0 Å². The van der Waals surface area contributed by atoms with Gasteiger partial charge in [-0.05, 0) is 30.9 Å². The van der Waals surface area contributed by atoms with Gasteiger partial charge in [0.2, 0.25) is 5.91 Å². The van der Waals surface area contributed by atoms with Crippen molar-refractivity contribution < 1.29 is 4.79 Å². The van der Waals surface area contributed by atoms with E-state index in [0.717, 1.165) is 28.7 Å². The van der Waals surface area contributed by atoms with Gasteiger partial charge in [-0.15, -0.1) is 0 Å². The van der Waals surface area contributed by atoms with Gasteiger partial charge in [0.25, 0.3) is 0 Å². The van der Waals surface area contributed by atoms with Crippen molar-refractivity contribution in [2.75, 3.05) is 7.05 Å². The number of unbranched alkanes of at least 4 members (excludes halogenated alkanes) is 1. The average molecular weight is 285 g/mol. The Labute approximate surface area is 105 Å². The Morgan fingerprint density at radius 2 is 2.06 bits per heavy atom. The molecule has 0 aliphatic heterocycles. The number of hydrogen-bond acceptors (Lipinski definition) is 2. The van der Waals surface area contributed by atoms with Gasteiger partial charge in [-0.25, -0.2) is 5.84 Å². The number of hydrazine groups is 1. The molecular weight excluding hydrogens is 268 g/mol. The largest absolute Gasteiger partial charge is 0.284 e. The minimum atomic E-state index is -0.00729. The number of halogens is 1. The van der Waals surface area contributed by atoms with Crippen LogP contribution in [0.1, 0.15) is 24.8 Å². The molecule has 0 saturated heterocycles. The van der Waals surface area contributed by atoms with Crippen molar-refractivity contribution in [3.8, 4) is 0 Å². The molecule has 3 nitrogen and oxygen atoms in total. The number of aryl methyl sites for hydroxylation is 1. The molecule has 0 fully saturated rings. The third kappa shape index (κ3) is 4.33. The second kappa shape index (κ2) is 6.66. The molecule has 0 spiro atoms. The maximum absolute atomic E-state index is 11.2. The number of nitrogens with zero attached hydrogens (tertiary/aromatic N) is 1. The molecule has 1 aromatic carbocycles. The molecule has 2 N–H and O–H groups in total. The monoisotopic (exact) mass is 284 g/mol. The number of benzene rings is 1. The van der Waals surface area contributed by atoms with Crippen LogP contribution in [-0.2, 0) is 11.2 Å². The smallest absolute Gasteiger partial charge is 0.236 e. The van der Waals surface area contributed by atoms with Gasteiger partial charge in [-0.1, -0.05) is 34.1 Å². The minimum absolute atomic E-state index is 0.00729. The second-order valence-electron chi connectivity index (χ2n) is 3.80. The molecule has 0 aliphatic rings. The first-order valence-corrected chi connectivity index (χ1v) is 6.15. The minimum Gasteiger partial charge on any atom is -0.284 e. The Bertz CT molecular complexity index is 353. The summed E-state index contributed by atoms with van der Waals surface area (Å²) >= 11 is 3.51. The summed E-state index contributed by atoms with van der Waals surface area (Å²) in [6.07, 6.45) is 3.39. The van der Waals surface area contributed by atoms with E-state index in [0.29, 0.717) is 6.42 Å². The fourth-order valence-electron chi connectivity index (χ4n) is 1.47. The van der Waals surface area contributed by atoms with Gasteiger partial charge in [0.05, 0.1) is 0 Å². The van der Waals surface area contributed by atoms with Gasteiger partial charge in [0, 0.05) is 17.9 Å². The van der Waals surface area contributed by atoms with Crippen molar-refractivity contribution in [3.63, 3.8) is 0 Å². The number of amides is 1. The Balaban J connectivity index is 2.26. The lowest BCUT2D eigenvalue weighted by atomic mass is 10.1. The van der Waals surface area contributed by atoms with E-state index in [4.69, 9.17) is 5.84 Å². The number of carbonyl (C=O) groups excluding carboxylic acids is 1. The molecule has 1 amide bonds. The highest BCUT2D eigenvalue weighted by Crippen LogP contribution is 2.18. The summed E-state index contributed by atoms with van der Waals surface area (Å²) in [7, 11) is 1.58. The van der Waals surface area contributed by atoms with E-state index in [1.807, 2.05) is 18.2 Å². The molecule has 0 aliphatic carbocycles. The number of hydrogen-bond donors (Lipinski definition) is 1. The Morgan fingerprint density at radius 1 is 1.38 bits per heavy atom. The molecule has 16 heavy (non-hydrogen) atoms. The SMILES string of the molecule is CN(N)C(=O)CCCCc1ccccc1Br. The van der Waals surface area contributed by atoms with E-state index in [-0.39, 0.29) is 5.91 Å². The van der Waals surface area contributed by atoms with Crippen LogP contribution in [-0.4, -0.2) is 18.0 Å². The number of nitrogens with two attached hydrogens (primary N) is 1. The first-order valence-electron chi connectivity index (χ1n) is 5.36. The van der Waals surface area contributed by atoms with Crippen molar-refractivity contribution >= 4 is 21.8 Å². The zero-order valence-electron chi connectivity index (χ0n) is 9.45. The summed E-state index contributed by atoms with van der Waals surface area (Å²) in [6.45, 7) is 0. The van der Waals surface area contributed by atoms with Crippen LogP contribution in [0.2, 0.25) is 0 Å². The third-order valence-corrected chi connectivity index (χ3v) is 3.21. The Hall–Kier alpha value is -0.870. The van der Waals surface area contributed by atoms with Crippen molar-refractivity contribution in [2.45, 2.75) is 25.7 Å². The summed E-state index contributed by atoms with van der Waals surface area (Å²) < 4.78 is 1.14. The van der Waals surface area contributed by atoms with Gasteiger partial charge >= 0.3 is 0 Å². The van der Waals surface area contributed by atoms with E-state index in [1.54, 1.807) is 7.05 Å². The van der Waals surface area contributed by atoms with Crippen molar-refractivity contribution in [1.82, 2.24) is 5.01 Å². The predicted molar refractivity (Wildman–Crippen MR) is 68.7 cm³/mol. The van der Waals surface area contributed by atoms with E-state index in [1.165, 1.54) is 5.56 Å². The van der Waals surface area contributed by atoms with Crippen LogP contribution in [0.5, 0.6) is 0 Å². The predicted octanol–water partition coefficient (Wildman–Crippen LogP) is 2.49. The third-order valence-electron chi connectivity index (χ3n) is 2.44. The fourth-order valence-corrected chi connectivity index (χ4v) is 1.95. The average Bonchev–Trinajstić information content (AvgIpc) is 2.26. The second-order valence-corrected chi connectivity index (χ2v) is 4.66. The van der Waals surface area contributed by atoms with E-state index in [9.17, 15) is 4.79 Å². The number of carbonyl (C=O) groups is 1. The summed E-state index contributed by atoms with van der Waals surface area (Å²) in [5, 5.41) is 1.15. The highest BCUT2D eigenvalue weighted by atomic mass is 79.9. The lowest BCUT2D eigenvalue weighted by Crippen LogP contribution is -2.32. The normalized spacial score (nSPS) is 10.2. The molecule has 4 heteroatoms. The zero-order chi connectivity index (χ0) is 12.0. The van der Waals surface area contributed by atoms with Crippen molar-refractivity contribution in [1.29, 1.82) is 0 Å². The standard InChI is InChI=1S/C12H17BrN2O/c1-15(14)12(16)9-5-3-7-10-6-2-4-8-11(10)13/h2,4,6,8H,3,5,7,9,14H2,1H3. The topological polar surface area (TPSA) is 46.3 Å². The summed E-state index contributed by atoms with van der Waals surface area (Å²) in [5.41, 5.74) is 1.29. The Morgan fingerprint density at radius 3 is 2.69 bits per heavy atom. The van der Waals surface area contributed by atoms with Gasteiger partial charge in [-0.3, -0.25) is 9.80 Å². The van der Waals surface area contributed by atoms with Crippen LogP contribution in [0.25, 0.3) is 0 Å². The molecule has 0 heterocycles. The van der Waals surface area contributed by atoms with Gasteiger partial charge in [-0.2, -0.15) is 0 Å². The summed E-state index contributed by atoms with van der Waals surface area (Å²) in [6, 6.07) is 8.16. The molecule has 0 aromatic heterocycles. The fraction of sp³-hybridized carbons (Fsp3) is 0.417. The van der Waals surface area contributed by atoms with Gasteiger partial charge in [0.1, 0.15) is 0 Å². The summed E-state index contributed by atoms with van der Waals surface area (Å²) in [4.78, 5) is 11.2. The van der Waals surface area contributed by atoms with Crippen LogP contribution in [0, 0.1) is 0 Å². The first kappa shape index (κ1) is 13.2. The molecule has 88 valence electrons. The molecule has 0 radical (unpaired) electrons. The van der Waals surface area contributed by atoms with Crippen molar-refractivity contribution in [3.05, 3.63) is 34.3 Å². The van der Waals surface area contributed by atoms with E-state index >= 15 is 0 Å². The molecule has 1 rings (SSSR count). The van der Waals surface area contributed by atoms with Crippen LogP contribution in [0.3, 0.4) is 0 Å². The lowest BCUT2D eigenvalue weighted by molar-refractivity contribution is -0.130. The van der Waals surface area contributed by atoms with Crippen LogP contribution < -0.4 is 5.84 Å². The number of rotatable bonds is 5. The van der Waals surface area contributed by atoms with Gasteiger partial charge in [0.15, 0.2) is 0 Å². The van der Waals surface area contributed by atoms with Crippen molar-refractivity contribution in [2.24, 2.45) is 5.84 Å². The van der Waals surface area contributed by atoms with Crippen LogP contribution in [0.15, 0.2) is 28.7 Å². The highest BCUT2D eigenvalue weighted by Gasteiger charge is 2.04. The zero-order valence-corrected chi connectivity index (χ0v) is 11.0. The lowest BCUT2D eigenvalue weighted by Gasteiger charge is -2.09. The molecule has 0 atom stereocenters. The van der Waals surface area contributed by atoms with Crippen LogP contribution >= 0.6 is 15.9 Å². The Kier molecular flexibility index (Phi) is 5.49. The molecular formula is C12H17BrN2O. The molecule has 0 unspecified atom stereocenters. The first-order chi connectivity index (χ1) is 7.61. The quantitative estimate of drug-likeness (QED) is 0.391. The van der Waals surface area contributed by atoms with Crippen LogP contribution in [0.4, 0.5) is 0 Å². The molecule has 0 bridgehead atoms. The van der Waals surface area contributed by atoms with E-state index in [2.05, 4.69) is 22.0 Å². The maximum Gasteiger partial charge on any atom is 0.236 e. The summed E-state index contributed by atoms with van der Waals surface area (Å²) in [5.74, 6) is 5.32. The van der Waals surface area contributed by atoms with Gasteiger partial charge < -0.3 is 0 Å².